The Bertz CT molecular complexity index is 1000. The van der Waals surface area contributed by atoms with E-state index in [4.69, 9.17) is 44.0 Å². The summed E-state index contributed by atoms with van der Waals surface area (Å²) in [6, 6.07) is 10.3. The molecule has 1 heterocycles. The van der Waals surface area contributed by atoms with Crippen molar-refractivity contribution in [2.45, 2.75) is 0 Å². The van der Waals surface area contributed by atoms with Crippen LogP contribution in [0.4, 0.5) is 0 Å². The molecule has 0 saturated carbocycles. The molecule has 1 amide bonds. The van der Waals surface area contributed by atoms with Crippen molar-refractivity contribution < 1.29 is 13.9 Å². The van der Waals surface area contributed by atoms with Crippen molar-refractivity contribution in [3.63, 3.8) is 0 Å². The molecule has 7 nitrogen and oxygen atoms in total. The number of amides is 1. The van der Waals surface area contributed by atoms with E-state index in [0.29, 0.717) is 10.9 Å². The highest BCUT2D eigenvalue weighted by atomic mass is 79.9. The van der Waals surface area contributed by atoms with Crippen molar-refractivity contribution >= 4 is 62.9 Å². The summed E-state index contributed by atoms with van der Waals surface area (Å²) in [5.74, 6) is 0.0763. The molecule has 0 saturated heterocycles. The molecule has 0 fully saturated rings. The van der Waals surface area contributed by atoms with Crippen LogP contribution in [0.25, 0.3) is 11.5 Å². The van der Waals surface area contributed by atoms with Gasteiger partial charge in [0.1, 0.15) is 6.21 Å². The van der Waals surface area contributed by atoms with E-state index < -0.39 is 5.91 Å². The molecule has 0 bridgehead atoms. The van der Waals surface area contributed by atoms with Crippen LogP contribution in [-0.2, 0) is 4.79 Å². The van der Waals surface area contributed by atoms with Gasteiger partial charge in [-0.1, -0.05) is 50.7 Å². The zero-order chi connectivity index (χ0) is 20.1. The van der Waals surface area contributed by atoms with Crippen LogP contribution in [0.15, 0.2) is 50.4 Å². The van der Waals surface area contributed by atoms with Gasteiger partial charge in [0.25, 0.3) is 11.8 Å². The number of rotatable bonds is 6. The summed E-state index contributed by atoms with van der Waals surface area (Å²) in [6.45, 7) is -0.355. The topological polar surface area (TPSA) is 89.6 Å². The highest BCUT2D eigenvalue weighted by Crippen LogP contribution is 2.35. The normalized spacial score (nSPS) is 11.0. The maximum atomic E-state index is 11.8. The number of benzene rings is 2. The highest BCUT2D eigenvalue weighted by molar-refractivity contribution is 9.10. The monoisotopic (exact) mass is 502 g/mol. The third kappa shape index (κ3) is 5.45. The Morgan fingerprint density at radius 2 is 1.86 bits per heavy atom. The summed E-state index contributed by atoms with van der Waals surface area (Å²) in [7, 11) is 0. The number of hydrogen-bond acceptors (Lipinski definition) is 6. The first kappa shape index (κ1) is 20.6. The lowest BCUT2D eigenvalue weighted by Crippen LogP contribution is -2.24. The molecule has 0 radical (unpaired) electrons. The van der Waals surface area contributed by atoms with Crippen LogP contribution in [0.1, 0.15) is 5.89 Å². The average Bonchev–Trinajstić information content (AvgIpc) is 3.10. The smallest absolute Gasteiger partial charge is 0.277 e. The van der Waals surface area contributed by atoms with Crippen LogP contribution in [0.3, 0.4) is 0 Å². The van der Waals surface area contributed by atoms with E-state index in [-0.39, 0.29) is 28.3 Å². The summed E-state index contributed by atoms with van der Waals surface area (Å²) in [4.78, 5) is 11.8. The summed E-state index contributed by atoms with van der Waals surface area (Å²) in [6.07, 6.45) is 1.22. The average molecular weight is 505 g/mol. The second-order valence-corrected chi connectivity index (χ2v) is 7.40. The molecule has 0 atom stereocenters. The number of halogens is 4. The number of hydrogen-bond donors (Lipinski definition) is 1. The van der Waals surface area contributed by atoms with E-state index >= 15 is 0 Å². The van der Waals surface area contributed by atoms with Gasteiger partial charge in [0.2, 0.25) is 5.89 Å². The van der Waals surface area contributed by atoms with Crippen molar-refractivity contribution in [2.24, 2.45) is 5.10 Å². The number of nitrogens with one attached hydrogen (secondary N) is 1. The minimum Gasteiger partial charge on any atom is -0.481 e. The largest absolute Gasteiger partial charge is 0.481 e. The van der Waals surface area contributed by atoms with Gasteiger partial charge in [-0.3, -0.25) is 4.79 Å². The van der Waals surface area contributed by atoms with Crippen molar-refractivity contribution in [1.29, 1.82) is 0 Å². The first-order chi connectivity index (χ1) is 13.4. The van der Waals surface area contributed by atoms with E-state index in [1.807, 2.05) is 24.3 Å². The quantitative estimate of drug-likeness (QED) is 0.377. The van der Waals surface area contributed by atoms with E-state index in [1.165, 1.54) is 18.3 Å². The van der Waals surface area contributed by atoms with Crippen LogP contribution in [0.5, 0.6) is 5.75 Å². The molecule has 1 aromatic heterocycles. The molecule has 144 valence electrons. The number of aromatic nitrogens is 2. The van der Waals surface area contributed by atoms with Gasteiger partial charge in [0, 0.05) is 15.1 Å². The summed E-state index contributed by atoms with van der Waals surface area (Å²) < 4.78 is 11.7. The van der Waals surface area contributed by atoms with Gasteiger partial charge in [0.05, 0.1) is 10.0 Å². The minimum atomic E-state index is -0.536. The van der Waals surface area contributed by atoms with Crippen LogP contribution >= 0.6 is 50.7 Å². The molecule has 28 heavy (non-hydrogen) atoms. The molecular weight excluding hydrogens is 494 g/mol. The lowest BCUT2D eigenvalue weighted by molar-refractivity contribution is -0.123. The molecule has 2 aromatic carbocycles. The molecule has 1 N–H and O–H groups in total. The second kappa shape index (κ2) is 9.38. The van der Waals surface area contributed by atoms with Gasteiger partial charge >= 0.3 is 0 Å². The zero-order valence-corrected chi connectivity index (χ0v) is 17.7. The van der Waals surface area contributed by atoms with Crippen LogP contribution < -0.4 is 10.2 Å². The van der Waals surface area contributed by atoms with E-state index in [2.05, 4.69) is 36.7 Å². The van der Waals surface area contributed by atoms with Crippen molar-refractivity contribution in [1.82, 2.24) is 15.6 Å². The van der Waals surface area contributed by atoms with Gasteiger partial charge in [-0.05, 0) is 36.4 Å². The third-order valence-corrected chi connectivity index (χ3v) is 4.52. The Morgan fingerprint density at radius 3 is 2.54 bits per heavy atom. The van der Waals surface area contributed by atoms with Crippen LogP contribution in [0.2, 0.25) is 15.1 Å². The predicted octanol–water partition coefficient (Wildman–Crippen LogP) is 4.99. The first-order valence-corrected chi connectivity index (χ1v) is 9.54. The summed E-state index contributed by atoms with van der Waals surface area (Å²) >= 11 is 21.1. The Kier molecular flexibility index (Phi) is 6.90. The van der Waals surface area contributed by atoms with Crippen LogP contribution in [-0.4, -0.2) is 28.9 Å². The van der Waals surface area contributed by atoms with Gasteiger partial charge in [0.15, 0.2) is 12.4 Å². The number of carbonyl (C=O) groups excluding carboxylic acids is 1. The molecule has 0 aliphatic heterocycles. The van der Waals surface area contributed by atoms with Crippen molar-refractivity contribution in [3.8, 4) is 17.2 Å². The summed E-state index contributed by atoms with van der Waals surface area (Å²) in [5.41, 5.74) is 3.02. The molecule has 0 aliphatic rings. The fraction of sp³-hybridized carbons (Fsp3) is 0.0588. The Hall–Kier alpha value is -2.13. The molecule has 0 unspecified atom stereocenters. The zero-order valence-electron chi connectivity index (χ0n) is 13.8. The maximum absolute atomic E-state index is 11.8. The van der Waals surface area contributed by atoms with Crippen LogP contribution in [0, 0.1) is 0 Å². The lowest BCUT2D eigenvalue weighted by Gasteiger charge is -2.09. The Labute approximate surface area is 182 Å². The van der Waals surface area contributed by atoms with E-state index in [9.17, 15) is 4.79 Å². The predicted molar refractivity (Wildman–Crippen MR) is 110 cm³/mol. The van der Waals surface area contributed by atoms with E-state index in [0.717, 1.165) is 10.0 Å². The van der Waals surface area contributed by atoms with E-state index in [1.54, 1.807) is 0 Å². The maximum Gasteiger partial charge on any atom is 0.277 e. The highest BCUT2D eigenvalue weighted by Gasteiger charge is 2.11. The SMILES string of the molecule is O=C(COc1c(Cl)cc(Cl)cc1Cl)N/N=C/c1nnc(-c2ccc(Br)cc2)o1. The van der Waals surface area contributed by atoms with Crippen molar-refractivity contribution in [2.75, 3.05) is 6.61 Å². The van der Waals surface area contributed by atoms with Gasteiger partial charge in [-0.25, -0.2) is 5.43 Å². The Balaban J connectivity index is 1.54. The van der Waals surface area contributed by atoms with Crippen molar-refractivity contribution in [3.05, 3.63) is 61.8 Å². The summed E-state index contributed by atoms with van der Waals surface area (Å²) in [5, 5.41) is 12.2. The number of hydrazone groups is 1. The number of nitrogens with zero attached hydrogens (tertiary/aromatic N) is 3. The molecule has 0 spiro atoms. The first-order valence-electron chi connectivity index (χ1n) is 7.61. The lowest BCUT2D eigenvalue weighted by atomic mass is 10.2. The number of ether oxygens (including phenoxy) is 1. The second-order valence-electron chi connectivity index (χ2n) is 5.23. The standard InChI is InChI=1S/C17H10BrCl3N4O3/c18-10-3-1-9(2-4-10)17-25-24-15(28-17)7-22-23-14(26)8-27-16-12(20)5-11(19)6-13(16)21/h1-7H,8H2,(H,23,26)/b22-7+. The minimum absolute atomic E-state index is 0.128. The fourth-order valence-corrected chi connectivity index (χ4v) is 3.18. The molecule has 0 aliphatic carbocycles. The van der Waals surface area contributed by atoms with Gasteiger partial charge in [-0.15, -0.1) is 10.2 Å². The molecule has 3 aromatic rings. The molecular formula is C17H10BrCl3N4O3. The molecule has 3 rings (SSSR count). The van der Waals surface area contributed by atoms with Gasteiger partial charge < -0.3 is 9.15 Å². The molecule has 11 heteroatoms. The number of carbonyl (C=O) groups is 1. The van der Waals surface area contributed by atoms with Gasteiger partial charge in [-0.2, -0.15) is 5.10 Å². The fourth-order valence-electron chi connectivity index (χ4n) is 1.99. The third-order valence-electron chi connectivity index (χ3n) is 3.21. The Morgan fingerprint density at radius 1 is 1.18 bits per heavy atom.